The number of aliphatic hydroxyl groups excluding tert-OH is 1. The SMILES string of the molecule is CO.Cc1cc2c(nc1N1CC[C@@H](Oc3ccc4c(c3)COC4)[C@@H](F)C1)CN(C)C2=O. The highest BCUT2D eigenvalue weighted by atomic mass is 19.1. The summed E-state index contributed by atoms with van der Waals surface area (Å²) in [5.41, 5.74) is 4.62. The molecule has 0 radical (unpaired) electrons. The zero-order valence-corrected chi connectivity index (χ0v) is 18.1. The molecule has 1 aromatic carbocycles. The standard InChI is InChI=1S/C22H24FN3O3.CH4O/c1-13-7-17-19(10-25(2)22(17)27)24-21(13)26-6-5-20(18(23)9-26)29-16-4-3-14-11-28-12-15(14)8-16;1-2/h3-4,7-8,18,20H,5-6,9-12H2,1-2H3;2H,1H3/t18-,20+;/m0./s1. The van der Waals surface area contributed by atoms with Crippen molar-refractivity contribution in [2.24, 2.45) is 0 Å². The van der Waals surface area contributed by atoms with Crippen LogP contribution in [0.25, 0.3) is 0 Å². The Balaban J connectivity index is 0.00000112. The minimum atomic E-state index is -1.12. The fourth-order valence-corrected chi connectivity index (χ4v) is 4.37. The average Bonchev–Trinajstić information content (AvgIpc) is 3.35. The van der Waals surface area contributed by atoms with Gasteiger partial charge in [0.25, 0.3) is 5.91 Å². The molecule has 2 aromatic rings. The number of halogens is 1. The Bertz CT molecular complexity index is 984. The van der Waals surface area contributed by atoms with Gasteiger partial charge in [-0.2, -0.15) is 0 Å². The Morgan fingerprint density at radius 2 is 2.00 bits per heavy atom. The predicted octanol–water partition coefficient (Wildman–Crippen LogP) is 2.61. The quantitative estimate of drug-likeness (QED) is 0.809. The highest BCUT2D eigenvalue weighted by Gasteiger charge is 2.34. The van der Waals surface area contributed by atoms with Crippen molar-refractivity contribution in [3.05, 3.63) is 52.2 Å². The van der Waals surface area contributed by atoms with Gasteiger partial charge in [0, 0.05) is 27.1 Å². The number of hydrogen-bond acceptors (Lipinski definition) is 6. The van der Waals surface area contributed by atoms with Crippen LogP contribution in [-0.4, -0.2) is 60.4 Å². The summed E-state index contributed by atoms with van der Waals surface area (Å²) in [6.45, 7) is 4.54. The van der Waals surface area contributed by atoms with Gasteiger partial charge in [-0.1, -0.05) is 6.07 Å². The second kappa shape index (κ2) is 8.80. The van der Waals surface area contributed by atoms with Crippen LogP contribution in [0.4, 0.5) is 10.2 Å². The smallest absolute Gasteiger partial charge is 0.255 e. The van der Waals surface area contributed by atoms with Crippen LogP contribution in [0.1, 0.15) is 39.2 Å². The Morgan fingerprint density at radius 1 is 1.23 bits per heavy atom. The number of fused-ring (bicyclic) bond motifs is 2. The maximum atomic E-state index is 15.0. The van der Waals surface area contributed by atoms with E-state index in [4.69, 9.17) is 19.6 Å². The van der Waals surface area contributed by atoms with E-state index in [1.54, 1.807) is 11.9 Å². The fourth-order valence-electron chi connectivity index (χ4n) is 4.37. The zero-order chi connectivity index (χ0) is 22.1. The lowest BCUT2D eigenvalue weighted by Gasteiger charge is -2.36. The molecule has 1 amide bonds. The van der Waals surface area contributed by atoms with Gasteiger partial charge in [-0.15, -0.1) is 0 Å². The van der Waals surface area contributed by atoms with Gasteiger partial charge in [-0.3, -0.25) is 4.79 Å². The molecular formula is C23H28FN3O4. The van der Waals surface area contributed by atoms with E-state index < -0.39 is 12.3 Å². The first-order valence-electron chi connectivity index (χ1n) is 10.5. The third-order valence-electron chi connectivity index (χ3n) is 5.99. The molecule has 3 aliphatic heterocycles. The lowest BCUT2D eigenvalue weighted by molar-refractivity contribution is 0.0815. The first-order valence-corrected chi connectivity index (χ1v) is 10.5. The first-order chi connectivity index (χ1) is 15.0. The summed E-state index contributed by atoms with van der Waals surface area (Å²) < 4.78 is 26.4. The monoisotopic (exact) mass is 429 g/mol. The highest BCUT2D eigenvalue weighted by molar-refractivity contribution is 5.98. The summed E-state index contributed by atoms with van der Waals surface area (Å²) >= 11 is 0. The van der Waals surface area contributed by atoms with Crippen molar-refractivity contribution in [2.45, 2.75) is 45.4 Å². The number of aryl methyl sites for hydroxylation is 1. The number of hydrogen-bond donors (Lipinski definition) is 1. The minimum Gasteiger partial charge on any atom is -0.487 e. The Hall–Kier alpha value is -2.71. The third-order valence-corrected chi connectivity index (χ3v) is 5.99. The number of anilines is 1. The van der Waals surface area contributed by atoms with Crippen LogP contribution < -0.4 is 9.64 Å². The number of rotatable bonds is 3. The molecule has 1 aromatic heterocycles. The zero-order valence-electron chi connectivity index (χ0n) is 18.1. The van der Waals surface area contributed by atoms with Gasteiger partial charge < -0.3 is 24.4 Å². The summed E-state index contributed by atoms with van der Waals surface area (Å²) in [5.74, 6) is 1.46. The summed E-state index contributed by atoms with van der Waals surface area (Å²) in [6, 6.07) is 7.73. The molecule has 0 spiro atoms. The largest absolute Gasteiger partial charge is 0.487 e. The number of aromatic nitrogens is 1. The van der Waals surface area contributed by atoms with Crippen LogP contribution in [0.2, 0.25) is 0 Å². The third kappa shape index (κ3) is 4.09. The van der Waals surface area contributed by atoms with Gasteiger partial charge in [0.1, 0.15) is 17.7 Å². The van der Waals surface area contributed by atoms with E-state index >= 15 is 0 Å². The van der Waals surface area contributed by atoms with E-state index in [1.807, 2.05) is 36.1 Å². The van der Waals surface area contributed by atoms with E-state index in [0.29, 0.717) is 44.0 Å². The van der Waals surface area contributed by atoms with Crippen LogP contribution in [0.5, 0.6) is 5.75 Å². The molecule has 5 rings (SSSR count). The molecule has 0 unspecified atom stereocenters. The summed E-state index contributed by atoms with van der Waals surface area (Å²) in [5, 5.41) is 7.00. The van der Waals surface area contributed by atoms with E-state index in [2.05, 4.69) is 0 Å². The molecule has 0 aliphatic carbocycles. The molecule has 7 nitrogen and oxygen atoms in total. The summed E-state index contributed by atoms with van der Waals surface area (Å²) in [7, 11) is 2.77. The van der Waals surface area contributed by atoms with E-state index in [9.17, 15) is 9.18 Å². The van der Waals surface area contributed by atoms with Gasteiger partial charge in [0.05, 0.1) is 37.6 Å². The minimum absolute atomic E-state index is 0.00243. The van der Waals surface area contributed by atoms with Gasteiger partial charge in [0.15, 0.2) is 6.17 Å². The number of pyridine rings is 1. The van der Waals surface area contributed by atoms with Crippen molar-refractivity contribution in [2.75, 3.05) is 32.1 Å². The molecule has 0 saturated carbocycles. The molecule has 166 valence electrons. The number of aliphatic hydroxyl groups is 1. The van der Waals surface area contributed by atoms with Gasteiger partial charge in [-0.25, -0.2) is 9.37 Å². The molecule has 0 bridgehead atoms. The molecule has 31 heavy (non-hydrogen) atoms. The fraction of sp³-hybridized carbons (Fsp3) is 0.478. The van der Waals surface area contributed by atoms with Crippen LogP contribution in [-0.2, 0) is 24.5 Å². The van der Waals surface area contributed by atoms with Crippen molar-refractivity contribution in [1.29, 1.82) is 0 Å². The lowest BCUT2D eigenvalue weighted by atomic mass is 10.0. The van der Waals surface area contributed by atoms with E-state index in [1.165, 1.54) is 5.56 Å². The van der Waals surface area contributed by atoms with Crippen LogP contribution >= 0.6 is 0 Å². The van der Waals surface area contributed by atoms with Crippen molar-refractivity contribution < 1.29 is 23.8 Å². The summed E-state index contributed by atoms with van der Waals surface area (Å²) in [4.78, 5) is 20.5. The first kappa shape index (κ1) is 21.5. The number of amides is 1. The average molecular weight is 429 g/mol. The summed E-state index contributed by atoms with van der Waals surface area (Å²) in [6.07, 6.45) is -1.02. The number of nitrogens with zero attached hydrogens (tertiary/aromatic N) is 3. The van der Waals surface area contributed by atoms with Crippen LogP contribution in [0.15, 0.2) is 24.3 Å². The van der Waals surface area contributed by atoms with Gasteiger partial charge >= 0.3 is 0 Å². The maximum Gasteiger partial charge on any atom is 0.255 e. The molecule has 8 heteroatoms. The number of benzene rings is 1. The molecule has 1 N–H and O–H groups in total. The van der Waals surface area contributed by atoms with E-state index in [-0.39, 0.29) is 12.5 Å². The Kier molecular flexibility index (Phi) is 6.11. The van der Waals surface area contributed by atoms with Gasteiger partial charge in [-0.05, 0) is 41.8 Å². The molecular weight excluding hydrogens is 401 g/mol. The second-order valence-corrected chi connectivity index (χ2v) is 8.11. The van der Waals surface area contributed by atoms with Gasteiger partial charge in [0.2, 0.25) is 0 Å². The normalized spacial score (nSPS) is 22.0. The highest BCUT2D eigenvalue weighted by Crippen LogP contribution is 2.31. The van der Waals surface area contributed by atoms with E-state index in [0.717, 1.165) is 29.7 Å². The predicted molar refractivity (Wildman–Crippen MR) is 114 cm³/mol. The van der Waals surface area contributed by atoms with Crippen molar-refractivity contribution in [3.63, 3.8) is 0 Å². The molecule has 2 atom stereocenters. The lowest BCUT2D eigenvalue weighted by Crippen LogP contribution is -2.47. The topological polar surface area (TPSA) is 75.1 Å². The number of alkyl halides is 1. The number of carbonyl (C=O) groups excluding carboxylic acids is 1. The van der Waals surface area contributed by atoms with Crippen molar-refractivity contribution >= 4 is 11.7 Å². The molecule has 1 saturated heterocycles. The van der Waals surface area contributed by atoms with Crippen molar-refractivity contribution in [3.8, 4) is 5.75 Å². The van der Waals surface area contributed by atoms with Crippen molar-refractivity contribution in [1.82, 2.24) is 9.88 Å². The second-order valence-electron chi connectivity index (χ2n) is 8.11. The maximum absolute atomic E-state index is 15.0. The Labute approximate surface area is 181 Å². The number of piperidine rings is 1. The molecule has 3 aliphatic rings. The van der Waals surface area contributed by atoms with Crippen LogP contribution in [0, 0.1) is 6.92 Å². The number of ether oxygens (including phenoxy) is 2. The van der Waals surface area contributed by atoms with Crippen LogP contribution in [0.3, 0.4) is 0 Å². The number of carbonyl (C=O) groups is 1. The molecule has 1 fully saturated rings. The molecule has 4 heterocycles. The Morgan fingerprint density at radius 3 is 2.77 bits per heavy atom.